The molecule has 0 saturated carbocycles. The number of nitrogens with zero attached hydrogens (tertiary/aromatic N) is 2. The molecule has 0 aliphatic rings. The number of carboxylic acid groups (broad SMARTS) is 1. The number of aryl methyl sites for hydroxylation is 1. The monoisotopic (exact) mass is 335 g/mol. The first kappa shape index (κ1) is 17.2. The van der Waals surface area contributed by atoms with Gasteiger partial charge in [-0.25, -0.2) is 9.78 Å². The highest BCUT2D eigenvalue weighted by molar-refractivity contribution is 7.12. The van der Waals surface area contributed by atoms with Crippen molar-refractivity contribution in [3.05, 3.63) is 34.6 Å². The van der Waals surface area contributed by atoms with E-state index in [-0.39, 0.29) is 5.91 Å². The molecule has 23 heavy (non-hydrogen) atoms. The molecule has 2 rings (SSSR count). The molecule has 0 radical (unpaired) electrons. The molecule has 0 unspecified atom stereocenters. The second-order valence-electron chi connectivity index (χ2n) is 5.78. The fraction of sp³-hybridized carbons (Fsp3) is 0.438. The minimum absolute atomic E-state index is 0.374. The van der Waals surface area contributed by atoms with E-state index in [0.29, 0.717) is 18.4 Å². The van der Waals surface area contributed by atoms with Gasteiger partial charge in [-0.15, -0.1) is 11.3 Å². The Balaban J connectivity index is 2.34. The fourth-order valence-corrected chi connectivity index (χ4v) is 3.41. The van der Waals surface area contributed by atoms with Crippen LogP contribution in [0.3, 0.4) is 0 Å². The third-order valence-corrected chi connectivity index (χ3v) is 4.65. The molecule has 0 saturated heterocycles. The number of carbonyl (C=O) groups excluding carboxylic acids is 1. The van der Waals surface area contributed by atoms with Gasteiger partial charge in [-0.05, 0) is 33.3 Å². The molecule has 2 heterocycles. The highest BCUT2D eigenvalue weighted by Crippen LogP contribution is 2.23. The normalized spacial score (nSPS) is 13.6. The summed E-state index contributed by atoms with van der Waals surface area (Å²) >= 11 is 1.48. The fourth-order valence-electron chi connectivity index (χ4n) is 2.65. The zero-order valence-electron chi connectivity index (χ0n) is 13.7. The second kappa shape index (κ2) is 6.54. The van der Waals surface area contributed by atoms with E-state index in [1.54, 1.807) is 12.3 Å². The van der Waals surface area contributed by atoms with Crippen LogP contribution in [0.1, 0.15) is 48.4 Å². The topological polar surface area (TPSA) is 84.2 Å². The molecule has 0 spiro atoms. The number of aliphatic carboxylic acids is 1. The maximum absolute atomic E-state index is 12.6. The molecule has 0 bridgehead atoms. The van der Waals surface area contributed by atoms with E-state index in [2.05, 4.69) is 10.3 Å². The first-order valence-electron chi connectivity index (χ1n) is 7.45. The maximum Gasteiger partial charge on any atom is 0.329 e. The van der Waals surface area contributed by atoms with Gasteiger partial charge in [0.1, 0.15) is 5.54 Å². The van der Waals surface area contributed by atoms with E-state index >= 15 is 0 Å². The summed E-state index contributed by atoms with van der Waals surface area (Å²) in [7, 11) is 0. The van der Waals surface area contributed by atoms with Crippen LogP contribution in [0.5, 0.6) is 0 Å². The van der Waals surface area contributed by atoms with Crippen molar-refractivity contribution >= 4 is 23.2 Å². The van der Waals surface area contributed by atoms with Crippen LogP contribution in [-0.4, -0.2) is 32.1 Å². The molecule has 1 atom stereocenters. The Kier molecular flexibility index (Phi) is 4.89. The van der Waals surface area contributed by atoms with Crippen molar-refractivity contribution in [2.24, 2.45) is 0 Å². The highest BCUT2D eigenvalue weighted by atomic mass is 32.1. The van der Waals surface area contributed by atoms with E-state index in [0.717, 1.165) is 16.5 Å². The number of hydrogen-bond donors (Lipinski definition) is 2. The largest absolute Gasteiger partial charge is 0.480 e. The third-order valence-electron chi connectivity index (χ3n) is 3.90. The molecule has 0 aliphatic carbocycles. The Hall–Kier alpha value is -2.15. The number of rotatable bonds is 6. The molecule has 0 aliphatic heterocycles. The molecule has 2 aromatic rings. The number of aromatic nitrogens is 2. The molecule has 7 heteroatoms. The Bertz CT molecular complexity index is 721. The summed E-state index contributed by atoms with van der Waals surface area (Å²) in [5.74, 6) is -1.40. The lowest BCUT2D eigenvalue weighted by Crippen LogP contribution is -2.52. The lowest BCUT2D eigenvalue weighted by atomic mass is 9.96. The van der Waals surface area contributed by atoms with Gasteiger partial charge in [0.05, 0.1) is 5.56 Å². The van der Waals surface area contributed by atoms with Crippen molar-refractivity contribution in [1.29, 1.82) is 0 Å². The van der Waals surface area contributed by atoms with E-state index < -0.39 is 11.5 Å². The summed E-state index contributed by atoms with van der Waals surface area (Å²) in [6.45, 7) is 7.16. The summed E-state index contributed by atoms with van der Waals surface area (Å²) in [4.78, 5) is 28.4. The first-order valence-corrected chi connectivity index (χ1v) is 8.33. The van der Waals surface area contributed by atoms with Crippen molar-refractivity contribution in [1.82, 2.24) is 14.9 Å². The van der Waals surface area contributed by atoms with E-state index in [9.17, 15) is 14.7 Å². The van der Waals surface area contributed by atoms with Gasteiger partial charge in [0.15, 0.2) is 5.13 Å². The van der Waals surface area contributed by atoms with Crippen molar-refractivity contribution in [3.63, 3.8) is 0 Å². The molecule has 1 amide bonds. The molecule has 124 valence electrons. The van der Waals surface area contributed by atoms with Crippen LogP contribution in [0.25, 0.3) is 5.13 Å². The summed E-state index contributed by atoms with van der Waals surface area (Å²) in [5, 5.41) is 14.7. The Morgan fingerprint density at radius 2 is 2.13 bits per heavy atom. The molecule has 0 aromatic carbocycles. The number of hydrogen-bond acceptors (Lipinski definition) is 4. The van der Waals surface area contributed by atoms with Gasteiger partial charge in [-0.3, -0.25) is 9.36 Å². The second-order valence-corrected chi connectivity index (χ2v) is 6.65. The van der Waals surface area contributed by atoms with E-state index in [1.165, 1.54) is 18.3 Å². The van der Waals surface area contributed by atoms with Crippen molar-refractivity contribution < 1.29 is 14.7 Å². The minimum Gasteiger partial charge on any atom is -0.480 e. The predicted molar refractivity (Wildman–Crippen MR) is 89.3 cm³/mol. The zero-order valence-corrected chi connectivity index (χ0v) is 14.5. The molecule has 6 nitrogen and oxygen atoms in total. The number of carboxylic acids is 1. The van der Waals surface area contributed by atoms with Gasteiger partial charge in [0, 0.05) is 23.0 Å². The van der Waals surface area contributed by atoms with E-state index in [4.69, 9.17) is 0 Å². The van der Waals surface area contributed by atoms with Crippen LogP contribution >= 0.6 is 11.3 Å². The summed E-state index contributed by atoms with van der Waals surface area (Å²) in [5.41, 5.74) is 0.839. The van der Waals surface area contributed by atoms with Crippen LogP contribution in [-0.2, 0) is 4.79 Å². The van der Waals surface area contributed by atoms with Gasteiger partial charge in [0.25, 0.3) is 5.91 Å². The van der Waals surface area contributed by atoms with Gasteiger partial charge in [-0.1, -0.05) is 13.3 Å². The van der Waals surface area contributed by atoms with Crippen LogP contribution < -0.4 is 5.32 Å². The average molecular weight is 335 g/mol. The summed E-state index contributed by atoms with van der Waals surface area (Å²) in [6.07, 6.45) is 2.75. The predicted octanol–water partition coefficient (Wildman–Crippen LogP) is 2.92. The molecular formula is C16H21N3O3S. The Morgan fingerprint density at radius 1 is 1.43 bits per heavy atom. The quantitative estimate of drug-likeness (QED) is 0.850. The molecular weight excluding hydrogens is 314 g/mol. The Morgan fingerprint density at radius 3 is 2.65 bits per heavy atom. The van der Waals surface area contributed by atoms with Crippen LogP contribution in [0, 0.1) is 13.8 Å². The van der Waals surface area contributed by atoms with Gasteiger partial charge in [-0.2, -0.15) is 0 Å². The summed E-state index contributed by atoms with van der Waals surface area (Å²) in [6, 6.07) is 1.76. The molecule has 2 N–H and O–H groups in total. The van der Waals surface area contributed by atoms with Crippen molar-refractivity contribution in [2.75, 3.05) is 0 Å². The average Bonchev–Trinajstić information content (AvgIpc) is 3.07. The van der Waals surface area contributed by atoms with Crippen LogP contribution in [0.2, 0.25) is 0 Å². The van der Waals surface area contributed by atoms with Gasteiger partial charge in [0.2, 0.25) is 0 Å². The standard InChI is InChI=1S/C16H21N3O3S/c1-5-6-16(4,14(21)22)18-13(20)12-9-10(2)19(11(12)3)15-17-7-8-23-15/h7-9H,5-6H2,1-4H3,(H,18,20)(H,21,22)/t16-/m1/s1. The number of nitrogens with one attached hydrogen (secondary N) is 1. The number of thiazole rings is 1. The smallest absolute Gasteiger partial charge is 0.329 e. The van der Waals surface area contributed by atoms with Crippen molar-refractivity contribution in [3.8, 4) is 5.13 Å². The minimum atomic E-state index is -1.27. The summed E-state index contributed by atoms with van der Waals surface area (Å²) < 4.78 is 1.90. The lowest BCUT2D eigenvalue weighted by molar-refractivity contribution is -0.144. The van der Waals surface area contributed by atoms with Gasteiger partial charge < -0.3 is 10.4 Å². The van der Waals surface area contributed by atoms with Crippen molar-refractivity contribution in [2.45, 2.75) is 46.1 Å². The zero-order chi connectivity index (χ0) is 17.2. The number of carbonyl (C=O) groups is 2. The Labute approximate surface area is 139 Å². The van der Waals surface area contributed by atoms with Crippen LogP contribution in [0.4, 0.5) is 0 Å². The third kappa shape index (κ3) is 3.29. The van der Waals surface area contributed by atoms with Crippen LogP contribution in [0.15, 0.2) is 17.6 Å². The van der Waals surface area contributed by atoms with E-state index in [1.807, 2.05) is 30.7 Å². The maximum atomic E-state index is 12.6. The van der Waals surface area contributed by atoms with Gasteiger partial charge >= 0.3 is 5.97 Å². The highest BCUT2D eigenvalue weighted by Gasteiger charge is 2.34. The number of amides is 1. The SMILES string of the molecule is CCC[C@@](C)(NC(=O)c1cc(C)n(-c2nccs2)c1C)C(=O)O. The molecule has 0 fully saturated rings. The lowest BCUT2D eigenvalue weighted by Gasteiger charge is -2.25. The molecule has 2 aromatic heterocycles. The first-order chi connectivity index (χ1) is 10.8.